The van der Waals surface area contributed by atoms with Crippen LogP contribution >= 0.6 is 0 Å². The van der Waals surface area contributed by atoms with E-state index >= 15 is 0 Å². The van der Waals surface area contributed by atoms with Crippen molar-refractivity contribution in [3.63, 3.8) is 0 Å². The molecule has 1 aliphatic heterocycles. The van der Waals surface area contributed by atoms with Crippen molar-refractivity contribution in [2.75, 3.05) is 6.54 Å². The Kier molecular flexibility index (Phi) is 4.15. The van der Waals surface area contributed by atoms with Crippen molar-refractivity contribution in [3.8, 4) is 5.75 Å². The van der Waals surface area contributed by atoms with Gasteiger partial charge in [-0.25, -0.2) is 4.39 Å². The average Bonchev–Trinajstić information content (AvgIpc) is 2.90. The molecule has 0 aliphatic carbocycles. The zero-order valence-electron chi connectivity index (χ0n) is 11.9. The highest BCUT2D eigenvalue weighted by Gasteiger charge is 2.16. The summed E-state index contributed by atoms with van der Waals surface area (Å²) in [6.45, 7) is 1.66. The maximum absolute atomic E-state index is 13.9. The Hall–Kier alpha value is -1.95. The summed E-state index contributed by atoms with van der Waals surface area (Å²) in [5.41, 5.74) is 6.34. The molecule has 1 aromatic heterocycles. The van der Waals surface area contributed by atoms with Gasteiger partial charge in [-0.3, -0.25) is 0 Å². The van der Waals surface area contributed by atoms with Gasteiger partial charge in [0.2, 0.25) is 0 Å². The van der Waals surface area contributed by atoms with Gasteiger partial charge in [0.15, 0.2) is 17.4 Å². The highest BCUT2D eigenvalue weighted by atomic mass is 19.1. The van der Waals surface area contributed by atoms with Crippen molar-refractivity contribution >= 4 is 0 Å². The van der Waals surface area contributed by atoms with Crippen LogP contribution < -0.4 is 10.5 Å². The fraction of sp³-hybridized carbons (Fsp3) is 0.467. The molecule has 0 radical (unpaired) electrons. The SMILES string of the molecule is NCCc1ccc(OCc2nnc3n2CCCC3)c(F)c1. The number of ether oxygens (including phenoxy) is 1. The number of benzene rings is 1. The normalized spacial score (nSPS) is 14.0. The first kappa shape index (κ1) is 14.0. The summed E-state index contributed by atoms with van der Waals surface area (Å²) in [5, 5.41) is 8.29. The molecule has 0 saturated carbocycles. The summed E-state index contributed by atoms with van der Waals surface area (Å²) >= 11 is 0. The van der Waals surface area contributed by atoms with Crippen LogP contribution in [0.4, 0.5) is 4.39 Å². The largest absolute Gasteiger partial charge is 0.483 e. The summed E-state index contributed by atoms with van der Waals surface area (Å²) in [6, 6.07) is 4.96. The molecule has 5 nitrogen and oxygen atoms in total. The monoisotopic (exact) mass is 290 g/mol. The molecule has 0 saturated heterocycles. The minimum atomic E-state index is -0.362. The molecular weight excluding hydrogens is 271 g/mol. The zero-order chi connectivity index (χ0) is 14.7. The Morgan fingerprint density at radius 2 is 2.19 bits per heavy atom. The lowest BCUT2D eigenvalue weighted by Gasteiger charge is -2.15. The summed E-state index contributed by atoms with van der Waals surface area (Å²) < 4.78 is 21.6. The van der Waals surface area contributed by atoms with Crippen molar-refractivity contribution in [1.82, 2.24) is 14.8 Å². The molecule has 2 N–H and O–H groups in total. The Bertz CT molecular complexity index is 626. The molecule has 0 unspecified atom stereocenters. The Labute approximate surface area is 122 Å². The Morgan fingerprint density at radius 1 is 1.29 bits per heavy atom. The first-order valence-electron chi connectivity index (χ1n) is 7.30. The molecule has 2 aromatic rings. The second-order valence-corrected chi connectivity index (χ2v) is 5.23. The molecule has 1 aliphatic rings. The van der Waals surface area contributed by atoms with Crippen molar-refractivity contribution in [3.05, 3.63) is 41.2 Å². The van der Waals surface area contributed by atoms with E-state index in [9.17, 15) is 4.39 Å². The molecule has 0 spiro atoms. The van der Waals surface area contributed by atoms with E-state index in [1.165, 1.54) is 6.07 Å². The predicted octanol–water partition coefficient (Wildman–Crippen LogP) is 1.83. The number of nitrogens with two attached hydrogens (primary N) is 1. The number of nitrogens with zero attached hydrogens (tertiary/aromatic N) is 3. The van der Waals surface area contributed by atoms with Crippen LogP contribution in [-0.2, 0) is 26.0 Å². The van der Waals surface area contributed by atoms with E-state index < -0.39 is 0 Å². The summed E-state index contributed by atoms with van der Waals surface area (Å²) in [5.74, 6) is 1.64. The third-order valence-corrected chi connectivity index (χ3v) is 3.72. The van der Waals surface area contributed by atoms with Gasteiger partial charge < -0.3 is 15.0 Å². The van der Waals surface area contributed by atoms with Crippen LogP contribution in [0.3, 0.4) is 0 Å². The molecule has 0 bridgehead atoms. The number of halogens is 1. The molecule has 21 heavy (non-hydrogen) atoms. The molecule has 0 atom stereocenters. The van der Waals surface area contributed by atoms with Crippen LogP contribution in [0, 0.1) is 5.82 Å². The number of rotatable bonds is 5. The molecule has 3 rings (SSSR count). The highest BCUT2D eigenvalue weighted by Crippen LogP contribution is 2.21. The lowest BCUT2D eigenvalue weighted by atomic mass is 10.1. The van der Waals surface area contributed by atoms with Gasteiger partial charge in [-0.2, -0.15) is 0 Å². The fourth-order valence-corrected chi connectivity index (χ4v) is 2.60. The molecule has 1 aromatic carbocycles. The molecule has 6 heteroatoms. The van der Waals surface area contributed by atoms with E-state index in [0.29, 0.717) is 13.0 Å². The molecule has 0 fully saturated rings. The van der Waals surface area contributed by atoms with Crippen molar-refractivity contribution in [2.45, 2.75) is 38.8 Å². The van der Waals surface area contributed by atoms with E-state index in [0.717, 1.165) is 43.0 Å². The number of aryl methyl sites for hydroxylation is 1. The van der Waals surface area contributed by atoms with E-state index in [2.05, 4.69) is 14.8 Å². The van der Waals surface area contributed by atoms with Crippen molar-refractivity contribution < 1.29 is 9.13 Å². The standard InChI is InChI=1S/C15H19FN4O/c16-12-9-11(6-7-17)4-5-13(12)21-10-15-19-18-14-3-1-2-8-20(14)15/h4-5,9H,1-3,6-8,10,17H2. The van der Waals surface area contributed by atoms with E-state index in [-0.39, 0.29) is 18.2 Å². The van der Waals surface area contributed by atoms with E-state index in [1.54, 1.807) is 6.07 Å². The van der Waals surface area contributed by atoms with Crippen LogP contribution in [0.25, 0.3) is 0 Å². The number of aromatic nitrogens is 3. The van der Waals surface area contributed by atoms with Gasteiger partial charge in [0.1, 0.15) is 12.4 Å². The van der Waals surface area contributed by atoms with E-state index in [1.807, 2.05) is 6.07 Å². The minimum Gasteiger partial charge on any atom is -0.483 e. The van der Waals surface area contributed by atoms with Crippen molar-refractivity contribution in [2.24, 2.45) is 5.73 Å². The second-order valence-electron chi connectivity index (χ2n) is 5.23. The first-order valence-corrected chi connectivity index (χ1v) is 7.30. The van der Waals surface area contributed by atoms with Gasteiger partial charge in [-0.1, -0.05) is 6.07 Å². The third kappa shape index (κ3) is 3.05. The predicted molar refractivity (Wildman–Crippen MR) is 76.5 cm³/mol. The molecule has 0 amide bonds. The average molecular weight is 290 g/mol. The topological polar surface area (TPSA) is 66.0 Å². The third-order valence-electron chi connectivity index (χ3n) is 3.72. The van der Waals surface area contributed by atoms with Gasteiger partial charge in [-0.05, 0) is 43.5 Å². The molecular formula is C15H19FN4O. The smallest absolute Gasteiger partial charge is 0.171 e. The van der Waals surface area contributed by atoms with Gasteiger partial charge in [0.25, 0.3) is 0 Å². The molecule has 2 heterocycles. The number of hydrogen-bond acceptors (Lipinski definition) is 4. The number of hydrogen-bond donors (Lipinski definition) is 1. The summed E-state index contributed by atoms with van der Waals surface area (Å²) in [4.78, 5) is 0. The van der Waals surface area contributed by atoms with E-state index in [4.69, 9.17) is 10.5 Å². The molecule has 112 valence electrons. The van der Waals surface area contributed by atoms with Gasteiger partial charge in [-0.15, -0.1) is 10.2 Å². The van der Waals surface area contributed by atoms with Gasteiger partial charge in [0, 0.05) is 13.0 Å². The Balaban J connectivity index is 1.69. The summed E-state index contributed by atoms with van der Waals surface area (Å²) in [7, 11) is 0. The Morgan fingerprint density at radius 3 is 3.00 bits per heavy atom. The van der Waals surface area contributed by atoms with Crippen LogP contribution in [0.1, 0.15) is 30.1 Å². The van der Waals surface area contributed by atoms with Crippen LogP contribution in [-0.4, -0.2) is 21.3 Å². The highest BCUT2D eigenvalue weighted by molar-refractivity contribution is 5.29. The quantitative estimate of drug-likeness (QED) is 0.912. The van der Waals surface area contributed by atoms with Gasteiger partial charge >= 0.3 is 0 Å². The zero-order valence-corrected chi connectivity index (χ0v) is 11.9. The maximum atomic E-state index is 13.9. The fourth-order valence-electron chi connectivity index (χ4n) is 2.60. The van der Waals surface area contributed by atoms with Crippen LogP contribution in [0.5, 0.6) is 5.75 Å². The number of fused-ring (bicyclic) bond motifs is 1. The minimum absolute atomic E-state index is 0.236. The lowest BCUT2D eigenvalue weighted by Crippen LogP contribution is -2.14. The first-order chi connectivity index (χ1) is 10.3. The van der Waals surface area contributed by atoms with Gasteiger partial charge in [0.05, 0.1) is 0 Å². The lowest BCUT2D eigenvalue weighted by molar-refractivity contribution is 0.272. The van der Waals surface area contributed by atoms with Crippen LogP contribution in [0.2, 0.25) is 0 Å². The maximum Gasteiger partial charge on any atom is 0.171 e. The van der Waals surface area contributed by atoms with Crippen LogP contribution in [0.15, 0.2) is 18.2 Å². The second kappa shape index (κ2) is 6.22. The van der Waals surface area contributed by atoms with Crippen molar-refractivity contribution in [1.29, 1.82) is 0 Å². The summed E-state index contributed by atoms with van der Waals surface area (Å²) in [6.07, 6.45) is 3.89.